The van der Waals surface area contributed by atoms with E-state index in [9.17, 15) is 9.50 Å². The van der Waals surface area contributed by atoms with Crippen molar-refractivity contribution in [2.75, 3.05) is 0 Å². The number of phenolic OH excluding ortho intramolecular Hbond substituents is 1. The van der Waals surface area contributed by atoms with Crippen LogP contribution < -0.4 is 0 Å². The lowest BCUT2D eigenvalue weighted by atomic mass is 9.83. The van der Waals surface area contributed by atoms with Crippen LogP contribution in [0.2, 0.25) is 5.02 Å². The molecule has 3 heteroatoms. The zero-order chi connectivity index (χ0) is 12.8. The van der Waals surface area contributed by atoms with Gasteiger partial charge in [0.1, 0.15) is 11.6 Å². The maximum absolute atomic E-state index is 14.1. The van der Waals surface area contributed by atoms with Crippen LogP contribution in [0.25, 0.3) is 10.8 Å². The molecule has 0 saturated carbocycles. The van der Waals surface area contributed by atoms with E-state index >= 15 is 0 Å². The second kappa shape index (κ2) is 3.88. The quantitative estimate of drug-likeness (QED) is 0.724. The van der Waals surface area contributed by atoms with Crippen molar-refractivity contribution in [1.29, 1.82) is 0 Å². The van der Waals surface area contributed by atoms with Gasteiger partial charge < -0.3 is 5.11 Å². The van der Waals surface area contributed by atoms with Crippen molar-refractivity contribution in [1.82, 2.24) is 0 Å². The van der Waals surface area contributed by atoms with Crippen LogP contribution in [-0.2, 0) is 5.41 Å². The van der Waals surface area contributed by atoms with E-state index in [0.717, 1.165) is 5.56 Å². The summed E-state index contributed by atoms with van der Waals surface area (Å²) in [4.78, 5) is 0. The van der Waals surface area contributed by atoms with Crippen LogP contribution in [0.4, 0.5) is 4.39 Å². The van der Waals surface area contributed by atoms with Crippen molar-refractivity contribution in [2.45, 2.75) is 26.2 Å². The summed E-state index contributed by atoms with van der Waals surface area (Å²) in [5, 5.41) is 10.9. The predicted molar refractivity (Wildman–Crippen MR) is 69.3 cm³/mol. The molecule has 17 heavy (non-hydrogen) atoms. The minimum Gasteiger partial charge on any atom is -0.508 e. The van der Waals surface area contributed by atoms with Gasteiger partial charge in [-0.25, -0.2) is 4.39 Å². The average Bonchev–Trinajstić information content (AvgIpc) is 2.21. The molecule has 0 amide bonds. The van der Waals surface area contributed by atoms with Gasteiger partial charge in [0, 0.05) is 5.39 Å². The predicted octanol–water partition coefficient (Wildman–Crippen LogP) is 4.64. The van der Waals surface area contributed by atoms with Gasteiger partial charge in [0.2, 0.25) is 0 Å². The lowest BCUT2D eigenvalue weighted by molar-refractivity contribution is 0.472. The highest BCUT2D eigenvalue weighted by Gasteiger charge is 2.21. The topological polar surface area (TPSA) is 20.2 Å². The molecule has 0 unspecified atom stereocenters. The molecule has 0 heterocycles. The molecule has 1 N–H and O–H groups in total. The Morgan fingerprint density at radius 2 is 1.82 bits per heavy atom. The van der Waals surface area contributed by atoms with Crippen LogP contribution in [-0.4, -0.2) is 5.11 Å². The van der Waals surface area contributed by atoms with E-state index < -0.39 is 5.82 Å². The number of phenols is 1. The Hall–Kier alpha value is -1.28. The van der Waals surface area contributed by atoms with Gasteiger partial charge in [0.25, 0.3) is 0 Å². The van der Waals surface area contributed by atoms with Gasteiger partial charge in [0.15, 0.2) is 0 Å². The second-order valence-electron chi connectivity index (χ2n) is 5.20. The molecule has 90 valence electrons. The number of hydrogen-bond acceptors (Lipinski definition) is 1. The Morgan fingerprint density at radius 1 is 1.18 bits per heavy atom. The maximum atomic E-state index is 14.1. The molecule has 2 rings (SSSR count). The molecule has 0 saturated heterocycles. The van der Waals surface area contributed by atoms with Gasteiger partial charge in [-0.3, -0.25) is 0 Å². The molecule has 2 aromatic rings. The highest BCUT2D eigenvalue weighted by atomic mass is 35.5. The number of hydrogen-bond donors (Lipinski definition) is 1. The summed E-state index contributed by atoms with van der Waals surface area (Å²) in [5.41, 5.74) is 0.496. The summed E-state index contributed by atoms with van der Waals surface area (Å²) in [6, 6.07) is 6.37. The first-order valence-corrected chi connectivity index (χ1v) is 5.79. The third-order valence-corrected chi connectivity index (χ3v) is 3.09. The first-order valence-electron chi connectivity index (χ1n) is 5.42. The fourth-order valence-electron chi connectivity index (χ4n) is 1.97. The minimum atomic E-state index is -0.422. The summed E-state index contributed by atoms with van der Waals surface area (Å²) >= 11 is 5.81. The molecule has 0 spiro atoms. The second-order valence-corrected chi connectivity index (χ2v) is 5.61. The fraction of sp³-hybridized carbons (Fsp3) is 0.286. The van der Waals surface area contributed by atoms with Gasteiger partial charge in [-0.15, -0.1) is 0 Å². The Morgan fingerprint density at radius 3 is 2.41 bits per heavy atom. The number of aromatic hydroxyl groups is 1. The van der Waals surface area contributed by atoms with Crippen molar-refractivity contribution >= 4 is 22.4 Å². The largest absolute Gasteiger partial charge is 0.508 e. The monoisotopic (exact) mass is 252 g/mol. The first kappa shape index (κ1) is 12.2. The summed E-state index contributed by atoms with van der Waals surface area (Å²) in [6.45, 7) is 5.92. The highest BCUT2D eigenvalue weighted by molar-refractivity contribution is 6.31. The zero-order valence-corrected chi connectivity index (χ0v) is 10.8. The summed E-state index contributed by atoms with van der Waals surface area (Å²) in [5.74, 6) is -0.279. The fourth-order valence-corrected chi connectivity index (χ4v) is 2.13. The van der Waals surface area contributed by atoms with E-state index in [1.54, 1.807) is 18.2 Å². The summed E-state index contributed by atoms with van der Waals surface area (Å²) in [6.07, 6.45) is 0. The van der Waals surface area contributed by atoms with Gasteiger partial charge in [-0.2, -0.15) is 0 Å². The number of halogens is 2. The number of rotatable bonds is 0. The van der Waals surface area contributed by atoms with Crippen LogP contribution in [0.15, 0.2) is 24.3 Å². The lowest BCUT2D eigenvalue weighted by Gasteiger charge is -2.22. The van der Waals surface area contributed by atoms with E-state index in [4.69, 9.17) is 11.6 Å². The molecule has 1 nitrogen and oxygen atoms in total. The van der Waals surface area contributed by atoms with Gasteiger partial charge in [-0.1, -0.05) is 38.4 Å². The molecule has 0 aromatic heterocycles. The van der Waals surface area contributed by atoms with E-state index in [1.807, 2.05) is 20.8 Å². The van der Waals surface area contributed by atoms with Crippen LogP contribution >= 0.6 is 11.6 Å². The summed E-state index contributed by atoms with van der Waals surface area (Å²) in [7, 11) is 0. The minimum absolute atomic E-state index is 0.105. The van der Waals surface area contributed by atoms with Crippen LogP contribution in [0.5, 0.6) is 5.75 Å². The SMILES string of the molecule is CC(C)(C)c1cc(O)cc2ccc(Cl)c(F)c12. The van der Waals surface area contributed by atoms with Crippen molar-refractivity contribution in [3.8, 4) is 5.75 Å². The van der Waals surface area contributed by atoms with Gasteiger partial charge >= 0.3 is 0 Å². The number of benzene rings is 2. The van der Waals surface area contributed by atoms with Crippen molar-refractivity contribution in [3.05, 3.63) is 40.7 Å². The Balaban J connectivity index is 2.95. The maximum Gasteiger partial charge on any atom is 0.149 e. The van der Waals surface area contributed by atoms with E-state index in [-0.39, 0.29) is 16.2 Å². The van der Waals surface area contributed by atoms with E-state index in [0.29, 0.717) is 10.8 Å². The third-order valence-electron chi connectivity index (χ3n) is 2.80. The molecule has 0 aliphatic heterocycles. The van der Waals surface area contributed by atoms with Crippen LogP contribution in [0.3, 0.4) is 0 Å². The standard InChI is InChI=1S/C14H14ClFO/c1-14(2,3)10-7-9(17)6-8-4-5-11(15)13(16)12(8)10/h4-7,17H,1-3H3. The van der Waals surface area contributed by atoms with Crippen molar-refractivity contribution in [2.24, 2.45) is 0 Å². The van der Waals surface area contributed by atoms with E-state index in [1.165, 1.54) is 6.07 Å². The van der Waals surface area contributed by atoms with Crippen molar-refractivity contribution < 1.29 is 9.50 Å². The molecule has 2 aromatic carbocycles. The molecular weight excluding hydrogens is 239 g/mol. The van der Waals surface area contributed by atoms with Crippen LogP contribution in [0.1, 0.15) is 26.3 Å². The Labute approximate surface area is 105 Å². The van der Waals surface area contributed by atoms with Gasteiger partial charge in [0.05, 0.1) is 5.02 Å². The first-order chi connectivity index (χ1) is 7.80. The van der Waals surface area contributed by atoms with Gasteiger partial charge in [-0.05, 0) is 34.6 Å². The Bertz CT molecular complexity index is 585. The number of fused-ring (bicyclic) bond motifs is 1. The smallest absolute Gasteiger partial charge is 0.149 e. The molecule has 0 fully saturated rings. The highest BCUT2D eigenvalue weighted by Crippen LogP contribution is 2.36. The van der Waals surface area contributed by atoms with Crippen LogP contribution in [0, 0.1) is 5.82 Å². The van der Waals surface area contributed by atoms with Crippen molar-refractivity contribution in [3.63, 3.8) is 0 Å². The molecular formula is C14H14ClFO. The molecule has 0 aliphatic rings. The van der Waals surface area contributed by atoms with E-state index in [2.05, 4.69) is 0 Å². The molecule has 0 bridgehead atoms. The normalized spacial score (nSPS) is 12.1. The molecule has 0 radical (unpaired) electrons. The third kappa shape index (κ3) is 2.09. The summed E-state index contributed by atoms with van der Waals surface area (Å²) < 4.78 is 14.1. The molecule has 0 atom stereocenters. The Kier molecular flexibility index (Phi) is 2.78. The molecule has 0 aliphatic carbocycles. The lowest BCUT2D eigenvalue weighted by Crippen LogP contribution is -2.12. The zero-order valence-electron chi connectivity index (χ0n) is 10.0. The average molecular weight is 253 g/mol.